The average molecular weight is 310 g/mol. The minimum Gasteiger partial charge on any atom is -0.487 e. The van der Waals surface area contributed by atoms with Gasteiger partial charge < -0.3 is 14.8 Å². The van der Waals surface area contributed by atoms with Crippen LogP contribution in [0, 0.1) is 10.1 Å². The molecule has 0 aliphatic rings. The molecule has 0 aliphatic heterocycles. The highest BCUT2D eigenvalue weighted by molar-refractivity contribution is 5.93. The van der Waals surface area contributed by atoms with Crippen molar-refractivity contribution < 1.29 is 24.0 Å². The van der Waals surface area contributed by atoms with Crippen molar-refractivity contribution in [3.8, 4) is 5.75 Å². The van der Waals surface area contributed by atoms with Crippen LogP contribution in [0.3, 0.4) is 0 Å². The lowest BCUT2D eigenvalue weighted by Crippen LogP contribution is -2.35. The molecule has 1 atom stereocenters. The second-order valence-electron chi connectivity index (χ2n) is 4.31. The Balaban J connectivity index is 2.92. The maximum atomic E-state index is 11.9. The standard InChI is InChI=1S/C14H18N2O6/c1-4-15-13(17)9(3)22-14(18)10-6-7-12(21-5-2)11(8-10)16(19)20/h6-9H,4-5H2,1-3H3,(H,15,17)/t9-/m0/s1. The summed E-state index contributed by atoms with van der Waals surface area (Å²) in [7, 11) is 0. The summed E-state index contributed by atoms with van der Waals surface area (Å²) in [6, 6.07) is 3.75. The second kappa shape index (κ2) is 7.96. The number of carbonyl (C=O) groups is 2. The molecule has 0 spiro atoms. The topological polar surface area (TPSA) is 108 Å². The number of nitrogens with one attached hydrogen (secondary N) is 1. The fraction of sp³-hybridized carbons (Fsp3) is 0.429. The molecule has 0 aromatic heterocycles. The first kappa shape index (κ1) is 17.4. The normalized spacial score (nSPS) is 11.4. The van der Waals surface area contributed by atoms with E-state index in [0.717, 1.165) is 6.07 Å². The molecule has 1 N–H and O–H groups in total. The number of carbonyl (C=O) groups excluding carboxylic acids is 2. The molecule has 0 radical (unpaired) electrons. The van der Waals surface area contributed by atoms with Gasteiger partial charge in [-0.1, -0.05) is 0 Å². The lowest BCUT2D eigenvalue weighted by atomic mass is 10.2. The van der Waals surface area contributed by atoms with Crippen LogP contribution in [0.5, 0.6) is 5.75 Å². The Morgan fingerprint density at radius 2 is 2.05 bits per heavy atom. The summed E-state index contributed by atoms with van der Waals surface area (Å²) in [5.74, 6) is -1.18. The summed E-state index contributed by atoms with van der Waals surface area (Å²) >= 11 is 0. The largest absolute Gasteiger partial charge is 0.487 e. The van der Waals surface area contributed by atoms with Gasteiger partial charge in [-0.3, -0.25) is 14.9 Å². The molecule has 0 aliphatic carbocycles. The maximum absolute atomic E-state index is 11.9. The van der Waals surface area contributed by atoms with Crippen molar-refractivity contribution in [3.63, 3.8) is 0 Å². The predicted octanol–water partition coefficient (Wildman–Crippen LogP) is 1.67. The van der Waals surface area contributed by atoms with Gasteiger partial charge in [0.1, 0.15) is 0 Å². The van der Waals surface area contributed by atoms with Crippen LogP contribution in [0.1, 0.15) is 31.1 Å². The number of rotatable bonds is 7. The monoisotopic (exact) mass is 310 g/mol. The van der Waals surface area contributed by atoms with Gasteiger partial charge in [0.25, 0.3) is 5.91 Å². The molecule has 1 amide bonds. The third kappa shape index (κ3) is 4.44. The first-order chi connectivity index (χ1) is 10.4. The summed E-state index contributed by atoms with van der Waals surface area (Å²) in [5.41, 5.74) is -0.353. The number of nitro benzene ring substituents is 1. The molecule has 0 bridgehead atoms. The molecule has 8 nitrogen and oxygen atoms in total. The van der Waals surface area contributed by atoms with E-state index >= 15 is 0 Å². The van der Waals surface area contributed by atoms with Crippen LogP contribution in [0.4, 0.5) is 5.69 Å². The Morgan fingerprint density at radius 1 is 1.36 bits per heavy atom. The molecule has 22 heavy (non-hydrogen) atoms. The molecule has 120 valence electrons. The first-order valence-electron chi connectivity index (χ1n) is 6.80. The van der Waals surface area contributed by atoms with Crippen molar-refractivity contribution in [2.45, 2.75) is 26.9 Å². The molecule has 8 heteroatoms. The Morgan fingerprint density at radius 3 is 2.59 bits per heavy atom. The van der Waals surface area contributed by atoms with Gasteiger partial charge in [0.2, 0.25) is 0 Å². The third-order valence-electron chi connectivity index (χ3n) is 2.70. The van der Waals surface area contributed by atoms with Crippen molar-refractivity contribution in [2.24, 2.45) is 0 Å². The first-order valence-corrected chi connectivity index (χ1v) is 6.80. The highest BCUT2D eigenvalue weighted by Crippen LogP contribution is 2.28. The molecule has 1 aromatic rings. The van der Waals surface area contributed by atoms with Gasteiger partial charge in [-0.2, -0.15) is 0 Å². The second-order valence-corrected chi connectivity index (χ2v) is 4.31. The summed E-state index contributed by atoms with van der Waals surface area (Å²) in [5, 5.41) is 13.5. The summed E-state index contributed by atoms with van der Waals surface area (Å²) in [4.78, 5) is 33.8. The van der Waals surface area contributed by atoms with Crippen LogP contribution in [-0.4, -0.2) is 36.1 Å². The summed E-state index contributed by atoms with van der Waals surface area (Å²) in [6.45, 7) is 5.53. The number of nitro groups is 1. The summed E-state index contributed by atoms with van der Waals surface area (Å²) < 4.78 is 10.1. The van der Waals surface area contributed by atoms with Crippen molar-refractivity contribution >= 4 is 17.6 Å². The van der Waals surface area contributed by atoms with Crippen LogP contribution < -0.4 is 10.1 Å². The molecule has 0 saturated carbocycles. The van der Waals surface area contributed by atoms with E-state index in [1.54, 1.807) is 13.8 Å². The van der Waals surface area contributed by atoms with E-state index in [9.17, 15) is 19.7 Å². The fourth-order valence-corrected chi connectivity index (χ4v) is 1.66. The highest BCUT2D eigenvalue weighted by Gasteiger charge is 2.22. The van der Waals surface area contributed by atoms with E-state index in [-0.39, 0.29) is 23.6 Å². The van der Waals surface area contributed by atoms with Gasteiger partial charge >= 0.3 is 11.7 Å². The summed E-state index contributed by atoms with van der Waals surface area (Å²) in [6.07, 6.45) is -0.988. The zero-order valence-electron chi connectivity index (χ0n) is 12.6. The minimum atomic E-state index is -0.988. The Bertz CT molecular complexity index is 572. The van der Waals surface area contributed by atoms with E-state index in [0.29, 0.717) is 6.54 Å². The number of hydrogen-bond acceptors (Lipinski definition) is 6. The Hall–Kier alpha value is -2.64. The van der Waals surface area contributed by atoms with Crippen molar-refractivity contribution in [2.75, 3.05) is 13.2 Å². The molecular weight excluding hydrogens is 292 g/mol. The Labute approximate surface area is 127 Å². The van der Waals surface area contributed by atoms with E-state index in [4.69, 9.17) is 9.47 Å². The smallest absolute Gasteiger partial charge is 0.339 e. The number of amides is 1. The van der Waals surface area contributed by atoms with Crippen molar-refractivity contribution in [1.82, 2.24) is 5.32 Å². The number of likely N-dealkylation sites (N-methyl/N-ethyl adjacent to an activating group) is 1. The van der Waals surface area contributed by atoms with Gasteiger partial charge in [-0.15, -0.1) is 0 Å². The highest BCUT2D eigenvalue weighted by atomic mass is 16.6. The average Bonchev–Trinajstić information content (AvgIpc) is 2.47. The van der Waals surface area contributed by atoms with Crippen molar-refractivity contribution in [1.29, 1.82) is 0 Å². The van der Waals surface area contributed by atoms with E-state index in [1.807, 2.05) is 0 Å². The zero-order valence-corrected chi connectivity index (χ0v) is 12.6. The van der Waals surface area contributed by atoms with Gasteiger partial charge in [-0.25, -0.2) is 4.79 Å². The Kier molecular flexibility index (Phi) is 6.30. The number of esters is 1. The molecular formula is C14H18N2O6. The van der Waals surface area contributed by atoms with E-state index < -0.39 is 22.9 Å². The van der Waals surface area contributed by atoms with Crippen LogP contribution in [-0.2, 0) is 9.53 Å². The SMILES string of the molecule is CCNC(=O)[C@H](C)OC(=O)c1ccc(OCC)c([N+](=O)[O-])c1. The lowest BCUT2D eigenvalue weighted by molar-refractivity contribution is -0.385. The number of hydrogen-bond donors (Lipinski definition) is 1. The van der Waals surface area contributed by atoms with Crippen LogP contribution in [0.25, 0.3) is 0 Å². The molecule has 1 rings (SSSR count). The lowest BCUT2D eigenvalue weighted by Gasteiger charge is -2.13. The van der Waals surface area contributed by atoms with Gasteiger partial charge in [0.15, 0.2) is 11.9 Å². The minimum absolute atomic E-state index is 0.0219. The maximum Gasteiger partial charge on any atom is 0.339 e. The number of benzene rings is 1. The molecule has 0 fully saturated rings. The fourth-order valence-electron chi connectivity index (χ4n) is 1.66. The predicted molar refractivity (Wildman–Crippen MR) is 77.8 cm³/mol. The molecule has 0 unspecified atom stereocenters. The van der Waals surface area contributed by atoms with Gasteiger partial charge in [0.05, 0.1) is 17.1 Å². The van der Waals surface area contributed by atoms with Crippen molar-refractivity contribution in [3.05, 3.63) is 33.9 Å². The third-order valence-corrected chi connectivity index (χ3v) is 2.70. The van der Waals surface area contributed by atoms with Crippen LogP contribution >= 0.6 is 0 Å². The molecule has 0 heterocycles. The van der Waals surface area contributed by atoms with E-state index in [1.165, 1.54) is 19.1 Å². The number of ether oxygens (including phenoxy) is 2. The molecule has 1 aromatic carbocycles. The van der Waals surface area contributed by atoms with E-state index in [2.05, 4.69) is 5.32 Å². The van der Waals surface area contributed by atoms with Crippen LogP contribution in [0.15, 0.2) is 18.2 Å². The zero-order chi connectivity index (χ0) is 16.7. The molecule has 0 saturated heterocycles. The van der Waals surface area contributed by atoms with Gasteiger partial charge in [-0.05, 0) is 32.9 Å². The number of nitrogens with zero attached hydrogens (tertiary/aromatic N) is 1. The van der Waals surface area contributed by atoms with Gasteiger partial charge in [0, 0.05) is 12.6 Å². The van der Waals surface area contributed by atoms with Crippen LogP contribution in [0.2, 0.25) is 0 Å². The quantitative estimate of drug-likeness (QED) is 0.466.